The van der Waals surface area contributed by atoms with Gasteiger partial charge in [-0.25, -0.2) is 14.6 Å². The van der Waals surface area contributed by atoms with Gasteiger partial charge in [0.15, 0.2) is 11.8 Å². The highest BCUT2D eigenvalue weighted by molar-refractivity contribution is 5.95. The van der Waals surface area contributed by atoms with Gasteiger partial charge in [0.25, 0.3) is 0 Å². The van der Waals surface area contributed by atoms with Gasteiger partial charge in [0.2, 0.25) is 23.6 Å². The van der Waals surface area contributed by atoms with E-state index in [-0.39, 0.29) is 50.8 Å². The zero-order valence-electron chi connectivity index (χ0n) is 31.6. The number of urea groups is 1. The maximum absolute atomic E-state index is 13.1. The van der Waals surface area contributed by atoms with Crippen molar-refractivity contribution in [2.75, 3.05) is 26.2 Å². The average molecular weight is 799 g/mol. The monoisotopic (exact) mass is 798 g/mol. The first kappa shape index (κ1) is 46.4. The highest BCUT2D eigenvalue weighted by Crippen LogP contribution is 2.14. The molecule has 0 radical (unpaired) electrons. The number of azo groups is 1. The minimum Gasteiger partial charge on any atom is -0.494 e. The summed E-state index contributed by atoms with van der Waals surface area (Å²) in [6, 6.07) is 5.38. The Labute approximate surface area is 327 Å². The third-order valence-electron chi connectivity index (χ3n) is 7.79. The van der Waals surface area contributed by atoms with Gasteiger partial charge < -0.3 is 58.7 Å². The molecule has 4 atom stereocenters. The molecule has 1 aromatic carbocycles. The quantitative estimate of drug-likeness (QED) is 0.0265. The molecule has 0 saturated carbocycles. The normalized spacial score (nSPS) is 13.0. The second-order valence-corrected chi connectivity index (χ2v) is 12.8. The molecule has 22 heteroatoms. The summed E-state index contributed by atoms with van der Waals surface area (Å²) < 4.78 is 5.65. The Morgan fingerprint density at radius 2 is 1.54 bits per heavy atom. The molecule has 6 amide bonds. The summed E-state index contributed by atoms with van der Waals surface area (Å²) in [7, 11) is 0. The van der Waals surface area contributed by atoms with E-state index in [4.69, 9.17) is 21.9 Å². The number of carboxylic acids is 2. The number of rotatable bonds is 24. The number of aliphatic imine (C=N–C) groups is 1. The fourth-order valence-corrected chi connectivity index (χ4v) is 4.70. The molecule has 0 unspecified atom stereocenters. The first-order chi connectivity index (χ1) is 27.0. The van der Waals surface area contributed by atoms with Crippen molar-refractivity contribution in [2.24, 2.45) is 38.3 Å². The van der Waals surface area contributed by atoms with E-state index in [1.165, 1.54) is 6.20 Å². The maximum atomic E-state index is 13.1. The van der Waals surface area contributed by atoms with Crippen LogP contribution in [0.5, 0.6) is 5.75 Å². The van der Waals surface area contributed by atoms with Gasteiger partial charge in [-0.1, -0.05) is 37.2 Å². The molecule has 0 aliphatic heterocycles. The molecule has 1 heterocycles. The van der Waals surface area contributed by atoms with E-state index in [0.717, 1.165) is 0 Å². The number of nitrogens with zero attached hydrogens (tertiary/aromatic N) is 4. The van der Waals surface area contributed by atoms with Crippen molar-refractivity contribution < 1.29 is 48.5 Å². The third-order valence-corrected chi connectivity index (χ3v) is 7.79. The summed E-state index contributed by atoms with van der Waals surface area (Å²) in [6.07, 6.45) is 1.19. The number of hydrogen-bond acceptors (Lipinski definition) is 12. The van der Waals surface area contributed by atoms with E-state index in [1.807, 2.05) is 0 Å². The number of guanidine groups is 1. The van der Waals surface area contributed by atoms with E-state index in [2.05, 4.69) is 46.8 Å². The van der Waals surface area contributed by atoms with Gasteiger partial charge in [0.1, 0.15) is 23.9 Å². The molecule has 22 nitrogen and oxygen atoms in total. The molecule has 0 aliphatic carbocycles. The van der Waals surface area contributed by atoms with Crippen molar-refractivity contribution in [3.63, 3.8) is 0 Å². The fraction of sp³-hybridized carbons (Fsp3) is 0.457. The van der Waals surface area contributed by atoms with Crippen LogP contribution in [0.25, 0.3) is 0 Å². The Morgan fingerprint density at radius 3 is 2.16 bits per heavy atom. The lowest BCUT2D eigenvalue weighted by Crippen LogP contribution is -2.56. The van der Waals surface area contributed by atoms with Crippen LogP contribution < -0.4 is 48.5 Å². The van der Waals surface area contributed by atoms with Crippen molar-refractivity contribution in [1.82, 2.24) is 31.6 Å². The number of carbonyl (C=O) groups is 7. The van der Waals surface area contributed by atoms with Gasteiger partial charge in [-0.2, -0.15) is 0 Å². The SMILES string of the molecule is CC(C)[C@H](N)C(=O)N[C@@H](CCCN=C(N)N)C(=O)NCC(=O)N[C@@H](CC(=O)O)C(=O)N[C@H](Cc1ccc(OCCCNC(=O)/N=N/c2ccccn2)cc1)C(=O)O. The predicted octanol–water partition coefficient (Wildman–Crippen LogP) is -0.947. The smallest absolute Gasteiger partial charge is 0.359 e. The number of nitrogens with one attached hydrogen (secondary N) is 5. The molecule has 2 aromatic rings. The lowest BCUT2D eigenvalue weighted by molar-refractivity contribution is -0.143. The van der Waals surface area contributed by atoms with Gasteiger partial charge in [0, 0.05) is 25.7 Å². The van der Waals surface area contributed by atoms with Crippen molar-refractivity contribution in [3.05, 3.63) is 54.2 Å². The second kappa shape index (κ2) is 24.6. The van der Waals surface area contributed by atoms with Crippen LogP contribution in [-0.2, 0) is 35.2 Å². The Bertz CT molecular complexity index is 1720. The number of benzene rings is 1. The number of carboxylic acid groups (broad SMARTS) is 2. The molecular weight excluding hydrogens is 748 g/mol. The van der Waals surface area contributed by atoms with E-state index in [0.29, 0.717) is 23.6 Å². The lowest BCUT2D eigenvalue weighted by atomic mass is 10.0. The first-order valence-electron chi connectivity index (χ1n) is 17.8. The molecule has 0 saturated heterocycles. The predicted molar refractivity (Wildman–Crippen MR) is 204 cm³/mol. The summed E-state index contributed by atoms with van der Waals surface area (Å²) in [5, 5.41) is 38.3. The van der Waals surface area contributed by atoms with Gasteiger partial charge in [-0.05, 0) is 55.0 Å². The van der Waals surface area contributed by atoms with Gasteiger partial charge in [-0.3, -0.25) is 29.0 Å². The van der Waals surface area contributed by atoms with Gasteiger partial charge in [-0.15, -0.1) is 5.11 Å². The number of carbonyl (C=O) groups excluding carboxylic acids is 5. The van der Waals surface area contributed by atoms with Gasteiger partial charge >= 0.3 is 18.0 Å². The molecular formula is C35H50N12O10. The van der Waals surface area contributed by atoms with Crippen molar-refractivity contribution in [2.45, 2.75) is 70.1 Å². The van der Waals surface area contributed by atoms with E-state index >= 15 is 0 Å². The Kier molecular flexibility index (Phi) is 20.1. The van der Waals surface area contributed by atoms with Crippen LogP contribution >= 0.6 is 0 Å². The Hall–Kier alpha value is -6.71. The summed E-state index contributed by atoms with van der Waals surface area (Å²) in [4.78, 5) is 94.6. The standard InChI is InChI=1S/C35H50N12O10/c1-20(2)29(36)32(53)44-23(7-5-14-40-34(37)38)30(51)42-19-27(48)43-24(18-28(49)50)31(52)45-25(33(54)55)17-21-9-11-22(12-10-21)57-16-6-15-41-35(56)47-46-26-8-3-4-13-39-26/h3-4,8-13,20,23-25,29H,5-7,14-19,36H2,1-2H3,(H,41,56)(H,42,51)(H,43,48)(H,44,53)(H,45,52)(H,49,50)(H,54,55)(H4,37,38,40)/b47-46+/t23-,24-,25+,29-/m0/s1. The van der Waals surface area contributed by atoms with Crippen molar-refractivity contribution >= 4 is 53.4 Å². The first-order valence-corrected chi connectivity index (χ1v) is 17.8. The summed E-state index contributed by atoms with van der Waals surface area (Å²) in [6.45, 7) is 3.35. The van der Waals surface area contributed by atoms with E-state index in [9.17, 15) is 43.8 Å². The van der Waals surface area contributed by atoms with Crippen LogP contribution in [0.1, 0.15) is 45.1 Å². The van der Waals surface area contributed by atoms with E-state index in [1.54, 1.807) is 56.3 Å². The van der Waals surface area contributed by atoms with Crippen LogP contribution in [0.3, 0.4) is 0 Å². The summed E-state index contributed by atoms with van der Waals surface area (Å²) >= 11 is 0. The number of aromatic nitrogens is 1. The molecule has 0 bridgehead atoms. The fourth-order valence-electron chi connectivity index (χ4n) is 4.70. The number of ether oxygens (including phenoxy) is 1. The topological polar surface area (TPSA) is 357 Å². The minimum absolute atomic E-state index is 0.0707. The van der Waals surface area contributed by atoms with Crippen LogP contribution in [-0.4, -0.2) is 113 Å². The zero-order chi connectivity index (χ0) is 42.3. The van der Waals surface area contributed by atoms with Crippen LogP contribution in [0.15, 0.2) is 63.9 Å². The third kappa shape index (κ3) is 18.9. The van der Waals surface area contributed by atoms with Crippen molar-refractivity contribution in [3.8, 4) is 5.75 Å². The maximum Gasteiger partial charge on any atom is 0.359 e. The molecule has 1 aromatic heterocycles. The Balaban J connectivity index is 1.92. The molecule has 57 heavy (non-hydrogen) atoms. The summed E-state index contributed by atoms with van der Waals surface area (Å²) in [5.41, 5.74) is 17.0. The Morgan fingerprint density at radius 1 is 0.842 bits per heavy atom. The summed E-state index contributed by atoms with van der Waals surface area (Å²) in [5.74, 6) is -6.01. The molecule has 2 rings (SSSR count). The largest absolute Gasteiger partial charge is 0.494 e. The van der Waals surface area contributed by atoms with Crippen LogP contribution in [0, 0.1) is 5.92 Å². The zero-order valence-corrected chi connectivity index (χ0v) is 31.6. The molecule has 0 aliphatic rings. The van der Waals surface area contributed by atoms with E-state index < -0.39 is 78.7 Å². The molecule has 0 spiro atoms. The average Bonchev–Trinajstić information content (AvgIpc) is 3.16. The highest BCUT2D eigenvalue weighted by Gasteiger charge is 2.30. The number of nitrogens with two attached hydrogens (primary N) is 3. The number of aliphatic carboxylic acids is 2. The number of hydrogen-bond donors (Lipinski definition) is 10. The van der Waals surface area contributed by atoms with Crippen LogP contribution in [0.2, 0.25) is 0 Å². The second-order valence-electron chi connectivity index (χ2n) is 12.8. The van der Waals surface area contributed by atoms with Crippen molar-refractivity contribution in [1.29, 1.82) is 0 Å². The molecule has 310 valence electrons. The number of pyridine rings is 1. The van der Waals surface area contributed by atoms with Gasteiger partial charge in [0.05, 0.1) is 25.6 Å². The molecule has 13 N–H and O–H groups in total. The minimum atomic E-state index is -1.71. The highest BCUT2D eigenvalue weighted by atomic mass is 16.5. The molecule has 0 fully saturated rings. The number of amides is 6. The van der Waals surface area contributed by atoms with Crippen LogP contribution in [0.4, 0.5) is 10.6 Å². The lowest BCUT2D eigenvalue weighted by Gasteiger charge is -2.23.